The number of amides is 2. The number of esters is 1. The molecule has 0 unspecified atom stereocenters. The van der Waals surface area contributed by atoms with Crippen LogP contribution in [0.1, 0.15) is 12.8 Å². The smallest absolute Gasteiger partial charge is 0.355 e. The molecule has 2 amide bonds. The van der Waals surface area contributed by atoms with E-state index in [0.717, 1.165) is 18.2 Å². The van der Waals surface area contributed by atoms with Crippen LogP contribution >= 0.6 is 0 Å². The predicted octanol–water partition coefficient (Wildman–Crippen LogP) is 0.712. The number of hydrogen-bond donors (Lipinski definition) is 2. The fraction of sp³-hybridized carbons (Fsp3) is 0.231. The lowest BCUT2D eigenvalue weighted by molar-refractivity contribution is -0.140. The van der Waals surface area contributed by atoms with Gasteiger partial charge in [0.15, 0.2) is 6.61 Å². The zero-order chi connectivity index (χ0) is 16.1. The fourth-order valence-electron chi connectivity index (χ4n) is 1.62. The molecule has 9 heteroatoms. The van der Waals surface area contributed by atoms with Crippen LogP contribution in [-0.2, 0) is 19.1 Å². The molecule has 1 aliphatic rings. The lowest BCUT2D eigenvalue weighted by Gasteiger charge is -2.11. The summed E-state index contributed by atoms with van der Waals surface area (Å²) >= 11 is 0. The first kappa shape index (κ1) is 15.5. The lowest BCUT2D eigenvalue weighted by Crippen LogP contribution is -2.32. The SMILES string of the molecule is O=C1CCC(C(=O)OCC(=O)Nc2cc(F)ccc2F)=NN1. The molecule has 0 fully saturated rings. The zero-order valence-corrected chi connectivity index (χ0v) is 11.2. The summed E-state index contributed by atoms with van der Waals surface area (Å²) in [6.45, 7) is -0.693. The first-order valence-electron chi connectivity index (χ1n) is 6.23. The molecule has 1 aromatic carbocycles. The monoisotopic (exact) mass is 311 g/mol. The zero-order valence-electron chi connectivity index (χ0n) is 11.2. The van der Waals surface area contributed by atoms with Crippen molar-refractivity contribution in [3.05, 3.63) is 29.8 Å². The highest BCUT2D eigenvalue weighted by atomic mass is 19.1. The highest BCUT2D eigenvalue weighted by Crippen LogP contribution is 2.15. The summed E-state index contributed by atoms with van der Waals surface area (Å²) in [4.78, 5) is 34.0. The molecule has 1 aromatic rings. The number of carbonyl (C=O) groups is 3. The third-order valence-corrected chi connectivity index (χ3v) is 2.68. The molecule has 7 nitrogen and oxygen atoms in total. The Bertz CT molecular complexity index is 661. The van der Waals surface area contributed by atoms with Gasteiger partial charge in [-0.15, -0.1) is 0 Å². The van der Waals surface area contributed by atoms with Gasteiger partial charge in [0.25, 0.3) is 5.91 Å². The van der Waals surface area contributed by atoms with E-state index in [0.29, 0.717) is 0 Å². The Morgan fingerprint density at radius 3 is 2.77 bits per heavy atom. The Hall–Kier alpha value is -2.84. The molecule has 1 heterocycles. The van der Waals surface area contributed by atoms with E-state index in [4.69, 9.17) is 0 Å². The van der Waals surface area contributed by atoms with E-state index >= 15 is 0 Å². The van der Waals surface area contributed by atoms with E-state index in [9.17, 15) is 23.2 Å². The Morgan fingerprint density at radius 1 is 1.32 bits per heavy atom. The second-order valence-electron chi connectivity index (χ2n) is 4.34. The van der Waals surface area contributed by atoms with Gasteiger partial charge in [0.1, 0.15) is 17.3 Å². The van der Waals surface area contributed by atoms with Crippen molar-refractivity contribution in [2.45, 2.75) is 12.8 Å². The molecule has 2 N–H and O–H groups in total. The Labute approximate surface area is 123 Å². The predicted molar refractivity (Wildman–Crippen MR) is 70.8 cm³/mol. The maximum atomic E-state index is 13.3. The van der Waals surface area contributed by atoms with Gasteiger partial charge >= 0.3 is 5.97 Å². The van der Waals surface area contributed by atoms with E-state index < -0.39 is 30.1 Å². The Balaban J connectivity index is 1.86. The topological polar surface area (TPSA) is 96.9 Å². The number of ether oxygens (including phenoxy) is 1. The van der Waals surface area contributed by atoms with Gasteiger partial charge in [-0.05, 0) is 12.1 Å². The second-order valence-corrected chi connectivity index (χ2v) is 4.34. The van der Waals surface area contributed by atoms with Crippen LogP contribution in [0.4, 0.5) is 14.5 Å². The van der Waals surface area contributed by atoms with Crippen molar-refractivity contribution in [1.82, 2.24) is 5.43 Å². The minimum absolute atomic E-state index is 0.0238. The van der Waals surface area contributed by atoms with Gasteiger partial charge in [-0.2, -0.15) is 5.10 Å². The average Bonchev–Trinajstić information content (AvgIpc) is 2.49. The molecule has 0 spiro atoms. The second kappa shape index (κ2) is 6.74. The first-order chi connectivity index (χ1) is 10.5. The van der Waals surface area contributed by atoms with Gasteiger partial charge < -0.3 is 10.1 Å². The number of nitrogens with one attached hydrogen (secondary N) is 2. The summed E-state index contributed by atoms with van der Waals surface area (Å²) < 4.78 is 30.9. The van der Waals surface area contributed by atoms with Crippen molar-refractivity contribution >= 4 is 29.2 Å². The van der Waals surface area contributed by atoms with Gasteiger partial charge in [0, 0.05) is 18.9 Å². The number of halogens is 2. The molecule has 116 valence electrons. The first-order valence-corrected chi connectivity index (χ1v) is 6.23. The van der Waals surface area contributed by atoms with Crippen LogP contribution in [0.5, 0.6) is 0 Å². The largest absolute Gasteiger partial charge is 0.451 e. The van der Waals surface area contributed by atoms with Gasteiger partial charge in [0.2, 0.25) is 5.91 Å². The lowest BCUT2D eigenvalue weighted by atomic mass is 10.2. The van der Waals surface area contributed by atoms with Crippen LogP contribution in [-0.4, -0.2) is 30.1 Å². The fourth-order valence-corrected chi connectivity index (χ4v) is 1.62. The minimum atomic E-state index is -0.866. The van der Waals surface area contributed by atoms with Crippen molar-refractivity contribution in [1.29, 1.82) is 0 Å². The van der Waals surface area contributed by atoms with Gasteiger partial charge in [-0.3, -0.25) is 9.59 Å². The molecule has 0 radical (unpaired) electrons. The third kappa shape index (κ3) is 4.08. The van der Waals surface area contributed by atoms with Crippen molar-refractivity contribution < 1.29 is 27.9 Å². The number of rotatable bonds is 4. The van der Waals surface area contributed by atoms with Crippen LogP contribution in [0.2, 0.25) is 0 Å². The van der Waals surface area contributed by atoms with Crippen LogP contribution in [0.15, 0.2) is 23.3 Å². The molecule has 22 heavy (non-hydrogen) atoms. The van der Waals surface area contributed by atoms with Crippen molar-refractivity contribution in [2.24, 2.45) is 5.10 Å². The summed E-state index contributed by atoms with van der Waals surface area (Å²) in [6, 6.07) is 2.56. The highest BCUT2D eigenvalue weighted by molar-refractivity contribution is 6.37. The normalized spacial score (nSPS) is 13.9. The van der Waals surface area contributed by atoms with Crippen LogP contribution < -0.4 is 10.7 Å². The number of benzene rings is 1. The van der Waals surface area contributed by atoms with Crippen LogP contribution in [0.25, 0.3) is 0 Å². The van der Waals surface area contributed by atoms with Crippen molar-refractivity contribution in [3.8, 4) is 0 Å². The number of hydrazone groups is 1. The molecule has 2 rings (SSSR count). The summed E-state index contributed by atoms with van der Waals surface area (Å²) in [6.07, 6.45) is 0.194. The van der Waals surface area contributed by atoms with E-state index in [1.807, 2.05) is 0 Å². The third-order valence-electron chi connectivity index (χ3n) is 2.68. The standard InChI is InChI=1S/C13H11F2N3O4/c14-7-1-2-8(15)10(5-7)16-12(20)6-22-13(21)9-3-4-11(19)18-17-9/h1-2,5H,3-4,6H2,(H,16,20)(H,18,19). The molecule has 0 saturated carbocycles. The van der Waals surface area contributed by atoms with Crippen LogP contribution in [0, 0.1) is 11.6 Å². The van der Waals surface area contributed by atoms with E-state index in [1.54, 1.807) is 0 Å². The molecule has 0 atom stereocenters. The molecule has 0 saturated heterocycles. The number of nitrogens with zero attached hydrogens (tertiary/aromatic N) is 1. The summed E-state index contributed by atoms with van der Waals surface area (Å²) in [5.41, 5.74) is 1.73. The van der Waals surface area contributed by atoms with Gasteiger partial charge in [-0.25, -0.2) is 19.0 Å². The molecule has 0 bridgehead atoms. The van der Waals surface area contributed by atoms with E-state index in [2.05, 4.69) is 20.6 Å². The highest BCUT2D eigenvalue weighted by Gasteiger charge is 2.20. The average molecular weight is 311 g/mol. The molecule has 0 aromatic heterocycles. The van der Waals surface area contributed by atoms with Crippen LogP contribution in [0.3, 0.4) is 0 Å². The quantitative estimate of drug-likeness (QED) is 0.800. The summed E-state index contributed by atoms with van der Waals surface area (Å²) in [7, 11) is 0. The maximum Gasteiger partial charge on any atom is 0.355 e. The van der Waals surface area contributed by atoms with E-state index in [-0.39, 0.29) is 30.1 Å². The Kier molecular flexibility index (Phi) is 4.77. The number of hydrogen-bond acceptors (Lipinski definition) is 5. The molecular weight excluding hydrogens is 300 g/mol. The minimum Gasteiger partial charge on any atom is -0.451 e. The number of anilines is 1. The molecular formula is C13H11F2N3O4. The molecule has 0 aliphatic carbocycles. The molecule has 1 aliphatic heterocycles. The van der Waals surface area contributed by atoms with E-state index in [1.165, 1.54) is 0 Å². The summed E-state index contributed by atoms with van der Waals surface area (Å²) in [5, 5.41) is 5.57. The maximum absolute atomic E-state index is 13.3. The Morgan fingerprint density at radius 2 is 2.09 bits per heavy atom. The summed E-state index contributed by atoms with van der Waals surface area (Å²) in [5.74, 6) is -3.56. The van der Waals surface area contributed by atoms with Gasteiger partial charge in [-0.1, -0.05) is 0 Å². The number of carbonyl (C=O) groups excluding carboxylic acids is 3. The van der Waals surface area contributed by atoms with Crippen molar-refractivity contribution in [2.75, 3.05) is 11.9 Å². The van der Waals surface area contributed by atoms with Crippen molar-refractivity contribution in [3.63, 3.8) is 0 Å². The van der Waals surface area contributed by atoms with Gasteiger partial charge in [0.05, 0.1) is 5.69 Å².